The molecule has 1 fully saturated rings. The van der Waals surface area contributed by atoms with Gasteiger partial charge in [-0.2, -0.15) is 4.80 Å². The third kappa shape index (κ3) is 5.97. The van der Waals surface area contributed by atoms with Gasteiger partial charge in [0.05, 0.1) is 19.6 Å². The Morgan fingerprint density at radius 3 is 2.69 bits per heavy atom. The van der Waals surface area contributed by atoms with Gasteiger partial charge in [-0.3, -0.25) is 9.59 Å². The number of nitrogens with one attached hydrogen (secondary N) is 1. The number of amides is 1. The van der Waals surface area contributed by atoms with Crippen LogP contribution in [0.5, 0.6) is 5.75 Å². The molecule has 0 atom stereocenters. The first-order chi connectivity index (χ1) is 16.8. The third-order valence-corrected chi connectivity index (χ3v) is 6.18. The number of pyridine rings is 1. The number of aliphatic carboxylic acids is 1. The normalized spacial score (nSPS) is 17.7. The quantitative estimate of drug-likeness (QED) is 0.501. The molecule has 4 rings (SSSR count). The Morgan fingerprint density at radius 2 is 1.97 bits per heavy atom. The minimum absolute atomic E-state index is 0.108. The Hall–Kier alpha value is -3.89. The number of carboxylic acids is 1. The Labute approximate surface area is 201 Å². The van der Waals surface area contributed by atoms with E-state index in [-0.39, 0.29) is 29.8 Å². The average Bonchev–Trinajstić information content (AvgIpc) is 3.31. The first kappa shape index (κ1) is 24.2. The summed E-state index contributed by atoms with van der Waals surface area (Å²) in [6.45, 7) is 2.52. The Bertz CT molecular complexity index is 1220. The monoisotopic (exact) mass is 482 g/mol. The number of halogens is 1. The van der Waals surface area contributed by atoms with E-state index < -0.39 is 11.8 Å². The molecule has 2 N–H and O–H groups in total. The Kier molecular flexibility index (Phi) is 7.33. The summed E-state index contributed by atoms with van der Waals surface area (Å²) < 4.78 is 18.6. The molecule has 2 heterocycles. The molecule has 184 valence electrons. The van der Waals surface area contributed by atoms with E-state index in [1.807, 2.05) is 0 Å². The molecule has 1 aromatic carbocycles. The number of aryl methyl sites for hydroxylation is 1. The first-order valence-corrected chi connectivity index (χ1v) is 11.4. The Balaban J connectivity index is 1.40. The molecule has 0 radical (unpaired) electrons. The number of carboxylic acid groups (broad SMARTS) is 1. The zero-order chi connectivity index (χ0) is 24.9. The number of nitrogens with zero attached hydrogens (tertiary/aromatic N) is 5. The van der Waals surface area contributed by atoms with E-state index in [2.05, 4.69) is 25.7 Å². The van der Waals surface area contributed by atoms with Gasteiger partial charge < -0.3 is 15.2 Å². The lowest BCUT2D eigenvalue weighted by Crippen LogP contribution is -2.24. The zero-order valence-electron chi connectivity index (χ0n) is 19.6. The predicted molar refractivity (Wildman–Crippen MR) is 123 cm³/mol. The fourth-order valence-corrected chi connectivity index (χ4v) is 4.26. The van der Waals surface area contributed by atoms with Gasteiger partial charge in [-0.15, -0.1) is 10.2 Å². The number of benzene rings is 1. The van der Waals surface area contributed by atoms with Crippen LogP contribution in [0.2, 0.25) is 0 Å². The maximum atomic E-state index is 13.6. The summed E-state index contributed by atoms with van der Waals surface area (Å²) >= 11 is 0. The number of carbonyl (C=O) groups is 2. The SMILES string of the molecule is COc1cc(CNC(=O)c2cc(-c3nnn(CC4CCC(C(=O)O)CC4)n3)cc(C)n2)ccc1F. The number of tetrazole rings is 1. The second-order valence-corrected chi connectivity index (χ2v) is 8.76. The van der Waals surface area contributed by atoms with Crippen LogP contribution in [0.4, 0.5) is 4.39 Å². The van der Waals surface area contributed by atoms with Crippen LogP contribution in [-0.4, -0.2) is 49.3 Å². The first-order valence-electron chi connectivity index (χ1n) is 11.4. The molecule has 11 heteroatoms. The van der Waals surface area contributed by atoms with Crippen LogP contribution < -0.4 is 10.1 Å². The molecule has 0 bridgehead atoms. The highest BCUT2D eigenvalue weighted by Crippen LogP contribution is 2.30. The number of ether oxygens (including phenoxy) is 1. The average molecular weight is 483 g/mol. The van der Waals surface area contributed by atoms with E-state index >= 15 is 0 Å². The summed E-state index contributed by atoms with van der Waals surface area (Å²) in [5, 5.41) is 24.7. The van der Waals surface area contributed by atoms with Crippen molar-refractivity contribution in [1.82, 2.24) is 30.5 Å². The number of methoxy groups -OCH3 is 1. The van der Waals surface area contributed by atoms with Gasteiger partial charge in [0.2, 0.25) is 5.82 Å². The molecule has 0 saturated heterocycles. The fourth-order valence-electron chi connectivity index (χ4n) is 4.26. The molecular weight excluding hydrogens is 455 g/mol. The molecule has 1 amide bonds. The van der Waals surface area contributed by atoms with Gasteiger partial charge in [-0.05, 0) is 73.6 Å². The standard InChI is InChI=1S/C24H27FN6O4/c1-14-9-18(22-28-30-31(29-22)13-15-3-6-17(7-4-15)24(33)34)11-20(27-14)23(32)26-12-16-5-8-19(25)21(10-16)35-2/h5,8-11,15,17H,3-4,6-7,12-13H2,1-2H3,(H,26,32)(H,33,34). The lowest BCUT2D eigenvalue weighted by Gasteiger charge is -2.25. The molecule has 1 aliphatic carbocycles. The molecule has 35 heavy (non-hydrogen) atoms. The van der Waals surface area contributed by atoms with E-state index in [1.165, 1.54) is 24.0 Å². The molecule has 3 aromatic rings. The van der Waals surface area contributed by atoms with E-state index in [0.29, 0.717) is 47.9 Å². The van der Waals surface area contributed by atoms with Crippen molar-refractivity contribution in [3.05, 3.63) is 53.1 Å². The maximum absolute atomic E-state index is 13.6. The highest BCUT2D eigenvalue weighted by atomic mass is 19.1. The summed E-state index contributed by atoms with van der Waals surface area (Å²) in [5.41, 5.74) is 2.13. The van der Waals surface area contributed by atoms with Crippen LogP contribution >= 0.6 is 0 Å². The number of hydrogen-bond acceptors (Lipinski definition) is 7. The minimum atomic E-state index is -0.727. The van der Waals surface area contributed by atoms with Crippen LogP contribution in [-0.2, 0) is 17.9 Å². The Morgan fingerprint density at radius 1 is 1.20 bits per heavy atom. The number of carbonyl (C=O) groups excluding carboxylic acids is 1. The van der Waals surface area contributed by atoms with Crippen LogP contribution in [0.3, 0.4) is 0 Å². The third-order valence-electron chi connectivity index (χ3n) is 6.18. The van der Waals surface area contributed by atoms with E-state index in [4.69, 9.17) is 9.84 Å². The van der Waals surface area contributed by atoms with Crippen molar-refractivity contribution >= 4 is 11.9 Å². The van der Waals surface area contributed by atoms with Gasteiger partial charge in [-0.25, -0.2) is 9.37 Å². The molecule has 0 spiro atoms. The van der Waals surface area contributed by atoms with E-state index in [9.17, 15) is 14.0 Å². The second-order valence-electron chi connectivity index (χ2n) is 8.76. The summed E-state index contributed by atoms with van der Waals surface area (Å²) in [6, 6.07) is 7.77. The van der Waals surface area contributed by atoms with Gasteiger partial charge in [0.25, 0.3) is 5.91 Å². The topological polar surface area (TPSA) is 132 Å². The lowest BCUT2D eigenvalue weighted by molar-refractivity contribution is -0.143. The summed E-state index contributed by atoms with van der Waals surface area (Å²) in [4.78, 5) is 29.7. The zero-order valence-corrected chi connectivity index (χ0v) is 19.6. The van der Waals surface area contributed by atoms with Crippen molar-refractivity contribution in [1.29, 1.82) is 0 Å². The van der Waals surface area contributed by atoms with Gasteiger partial charge in [0.15, 0.2) is 11.6 Å². The number of rotatable bonds is 8. The minimum Gasteiger partial charge on any atom is -0.494 e. The van der Waals surface area contributed by atoms with Crippen molar-refractivity contribution in [3.8, 4) is 17.1 Å². The molecule has 0 aliphatic heterocycles. The van der Waals surface area contributed by atoms with Crippen molar-refractivity contribution in [2.75, 3.05) is 7.11 Å². The second kappa shape index (κ2) is 10.6. The highest BCUT2D eigenvalue weighted by molar-refractivity contribution is 5.93. The van der Waals surface area contributed by atoms with Crippen LogP contribution in [0.25, 0.3) is 11.4 Å². The van der Waals surface area contributed by atoms with E-state index in [0.717, 1.165) is 12.8 Å². The highest BCUT2D eigenvalue weighted by Gasteiger charge is 2.26. The van der Waals surface area contributed by atoms with Gasteiger partial charge >= 0.3 is 5.97 Å². The smallest absolute Gasteiger partial charge is 0.306 e. The number of hydrogen-bond donors (Lipinski definition) is 2. The summed E-state index contributed by atoms with van der Waals surface area (Å²) in [5.74, 6) is -1.06. The molecule has 2 aromatic heterocycles. The largest absolute Gasteiger partial charge is 0.494 e. The molecular formula is C24H27FN6O4. The molecule has 0 unspecified atom stereocenters. The lowest BCUT2D eigenvalue weighted by atomic mass is 9.82. The van der Waals surface area contributed by atoms with Crippen molar-refractivity contribution in [2.24, 2.45) is 11.8 Å². The van der Waals surface area contributed by atoms with Crippen molar-refractivity contribution in [3.63, 3.8) is 0 Å². The van der Waals surface area contributed by atoms with Crippen LogP contribution in [0.15, 0.2) is 30.3 Å². The number of aromatic nitrogens is 5. The molecule has 1 aliphatic rings. The maximum Gasteiger partial charge on any atom is 0.306 e. The van der Waals surface area contributed by atoms with Gasteiger partial charge in [-0.1, -0.05) is 6.07 Å². The molecule has 1 saturated carbocycles. The van der Waals surface area contributed by atoms with Crippen LogP contribution in [0.1, 0.15) is 47.4 Å². The van der Waals surface area contributed by atoms with Crippen LogP contribution in [0, 0.1) is 24.6 Å². The summed E-state index contributed by atoms with van der Waals surface area (Å²) in [6.07, 6.45) is 2.95. The molecule has 10 nitrogen and oxygen atoms in total. The van der Waals surface area contributed by atoms with Gasteiger partial charge in [0.1, 0.15) is 5.69 Å². The fraction of sp³-hybridized carbons (Fsp3) is 0.417. The van der Waals surface area contributed by atoms with Crippen molar-refractivity contribution in [2.45, 2.75) is 45.7 Å². The predicted octanol–water partition coefficient (Wildman–Crippen LogP) is 3.01. The van der Waals surface area contributed by atoms with E-state index in [1.54, 1.807) is 25.1 Å². The summed E-state index contributed by atoms with van der Waals surface area (Å²) in [7, 11) is 1.38. The van der Waals surface area contributed by atoms with Gasteiger partial charge in [0, 0.05) is 17.8 Å². The van der Waals surface area contributed by atoms with Crippen molar-refractivity contribution < 1.29 is 23.8 Å².